The Morgan fingerprint density at radius 1 is 1.31 bits per heavy atom. The van der Waals surface area contributed by atoms with Gasteiger partial charge in [-0.05, 0) is 37.5 Å². The van der Waals surface area contributed by atoms with Crippen molar-refractivity contribution in [3.63, 3.8) is 0 Å². The molecular formula is C19H24N4O2S. The first-order chi connectivity index (χ1) is 12.5. The lowest BCUT2D eigenvalue weighted by Gasteiger charge is -2.31. The Kier molecular flexibility index (Phi) is 5.98. The number of benzene rings is 1. The third kappa shape index (κ3) is 4.66. The van der Waals surface area contributed by atoms with E-state index >= 15 is 0 Å². The minimum atomic E-state index is 0.00932. The molecule has 1 aliphatic heterocycles. The largest absolute Gasteiger partial charge is 0.353 e. The second-order valence-corrected chi connectivity index (χ2v) is 7.50. The molecule has 0 unspecified atom stereocenters. The number of carbonyl (C=O) groups is 2. The molecule has 6 nitrogen and oxygen atoms in total. The molecule has 138 valence electrons. The topological polar surface area (TPSA) is 67.2 Å². The van der Waals surface area contributed by atoms with Crippen LogP contribution in [0, 0.1) is 6.92 Å². The van der Waals surface area contributed by atoms with E-state index < -0.39 is 0 Å². The molecule has 26 heavy (non-hydrogen) atoms. The lowest BCUT2D eigenvalue weighted by Crippen LogP contribution is -2.46. The van der Waals surface area contributed by atoms with Crippen molar-refractivity contribution >= 4 is 23.6 Å². The van der Waals surface area contributed by atoms with Gasteiger partial charge in [0.1, 0.15) is 0 Å². The van der Waals surface area contributed by atoms with Crippen molar-refractivity contribution < 1.29 is 9.59 Å². The van der Waals surface area contributed by atoms with Gasteiger partial charge in [-0.3, -0.25) is 14.2 Å². The van der Waals surface area contributed by atoms with Crippen LogP contribution in [0.5, 0.6) is 0 Å². The molecule has 0 radical (unpaired) electrons. The van der Waals surface area contributed by atoms with Crippen LogP contribution in [0.2, 0.25) is 0 Å². The molecule has 2 amide bonds. The van der Waals surface area contributed by atoms with E-state index in [9.17, 15) is 9.59 Å². The Hall–Kier alpha value is -2.28. The first kappa shape index (κ1) is 18.5. The maximum Gasteiger partial charge on any atom is 0.230 e. The second-order valence-electron chi connectivity index (χ2n) is 6.56. The number of nitrogens with one attached hydrogen (secondary N) is 1. The third-order valence-corrected chi connectivity index (χ3v) is 5.49. The number of aromatic nitrogens is 2. The summed E-state index contributed by atoms with van der Waals surface area (Å²) >= 11 is 1.43. The van der Waals surface area contributed by atoms with Crippen LogP contribution < -0.4 is 5.32 Å². The van der Waals surface area contributed by atoms with Crippen molar-refractivity contribution in [3.8, 4) is 5.69 Å². The number of hydrogen-bond acceptors (Lipinski definition) is 4. The average Bonchev–Trinajstić information content (AvgIpc) is 3.09. The Balaban J connectivity index is 1.52. The van der Waals surface area contributed by atoms with E-state index in [4.69, 9.17) is 0 Å². The Morgan fingerprint density at radius 3 is 2.77 bits per heavy atom. The summed E-state index contributed by atoms with van der Waals surface area (Å²) in [6, 6.07) is 8.34. The van der Waals surface area contributed by atoms with Crippen LogP contribution in [0.3, 0.4) is 0 Å². The SMILES string of the molecule is CC(=O)N1CCC(NC(=O)CSc2nccn2-c2cccc(C)c2)CC1. The van der Waals surface area contributed by atoms with Gasteiger partial charge in [-0.2, -0.15) is 0 Å². The lowest BCUT2D eigenvalue weighted by atomic mass is 10.1. The minimum Gasteiger partial charge on any atom is -0.353 e. The van der Waals surface area contributed by atoms with Crippen LogP contribution in [0.4, 0.5) is 0 Å². The van der Waals surface area contributed by atoms with E-state index in [1.165, 1.54) is 17.3 Å². The van der Waals surface area contributed by atoms with Crippen LogP contribution in [-0.2, 0) is 9.59 Å². The van der Waals surface area contributed by atoms with E-state index in [0.717, 1.165) is 23.7 Å². The van der Waals surface area contributed by atoms with Gasteiger partial charge in [-0.15, -0.1) is 0 Å². The number of nitrogens with zero attached hydrogens (tertiary/aromatic N) is 3. The number of aryl methyl sites for hydroxylation is 1. The quantitative estimate of drug-likeness (QED) is 0.819. The number of likely N-dealkylation sites (tertiary alicyclic amines) is 1. The molecule has 1 aliphatic rings. The predicted octanol–water partition coefficient (Wildman–Crippen LogP) is 2.40. The van der Waals surface area contributed by atoms with Gasteiger partial charge in [0.05, 0.1) is 5.75 Å². The van der Waals surface area contributed by atoms with Crippen LogP contribution in [0.1, 0.15) is 25.3 Å². The zero-order chi connectivity index (χ0) is 18.5. The van der Waals surface area contributed by atoms with Crippen LogP contribution >= 0.6 is 11.8 Å². The molecule has 3 rings (SSSR count). The summed E-state index contributed by atoms with van der Waals surface area (Å²) < 4.78 is 2.00. The lowest BCUT2D eigenvalue weighted by molar-refractivity contribution is -0.130. The number of rotatable bonds is 5. The molecule has 1 saturated heterocycles. The van der Waals surface area contributed by atoms with Gasteiger partial charge >= 0.3 is 0 Å². The number of amides is 2. The molecule has 0 bridgehead atoms. The number of thioether (sulfide) groups is 1. The van der Waals surface area contributed by atoms with Gasteiger partial charge in [-0.1, -0.05) is 23.9 Å². The zero-order valence-electron chi connectivity index (χ0n) is 15.1. The van der Waals surface area contributed by atoms with Crippen LogP contribution in [0.15, 0.2) is 41.8 Å². The molecule has 1 aromatic carbocycles. The molecular weight excluding hydrogens is 348 g/mol. The molecule has 0 saturated carbocycles. The molecule has 1 N–H and O–H groups in total. The Morgan fingerprint density at radius 2 is 2.08 bits per heavy atom. The summed E-state index contributed by atoms with van der Waals surface area (Å²) in [6.07, 6.45) is 5.29. The third-order valence-electron chi connectivity index (χ3n) is 4.52. The highest BCUT2D eigenvalue weighted by Crippen LogP contribution is 2.21. The van der Waals surface area contributed by atoms with Gasteiger partial charge in [0.25, 0.3) is 0 Å². The van der Waals surface area contributed by atoms with Crippen molar-refractivity contribution in [2.75, 3.05) is 18.8 Å². The molecule has 2 aromatic rings. The maximum atomic E-state index is 12.3. The Bertz CT molecular complexity index is 781. The van der Waals surface area contributed by atoms with Crippen LogP contribution in [0.25, 0.3) is 5.69 Å². The van der Waals surface area contributed by atoms with Crippen molar-refractivity contribution in [1.29, 1.82) is 0 Å². The predicted molar refractivity (Wildman–Crippen MR) is 102 cm³/mol. The molecule has 1 fully saturated rings. The molecule has 1 aromatic heterocycles. The van der Waals surface area contributed by atoms with Gasteiger partial charge in [0.2, 0.25) is 11.8 Å². The summed E-state index contributed by atoms with van der Waals surface area (Å²) in [4.78, 5) is 29.8. The number of imidazole rings is 1. The standard InChI is InChI=1S/C19H24N4O2S/c1-14-4-3-5-17(12-14)23-11-8-20-19(23)26-13-18(25)21-16-6-9-22(10-7-16)15(2)24/h3-5,8,11-12,16H,6-7,9-10,13H2,1-2H3,(H,21,25). The highest BCUT2D eigenvalue weighted by atomic mass is 32.2. The van der Waals surface area contributed by atoms with Crippen molar-refractivity contribution in [1.82, 2.24) is 19.8 Å². The van der Waals surface area contributed by atoms with Gasteiger partial charge in [0.15, 0.2) is 5.16 Å². The summed E-state index contributed by atoms with van der Waals surface area (Å²) in [5.41, 5.74) is 2.23. The molecule has 0 aliphatic carbocycles. The first-order valence-corrected chi connectivity index (χ1v) is 9.79. The van der Waals surface area contributed by atoms with E-state index in [1.54, 1.807) is 13.1 Å². The fourth-order valence-corrected chi connectivity index (χ4v) is 3.89. The molecule has 0 atom stereocenters. The molecule has 0 spiro atoms. The van der Waals surface area contributed by atoms with E-state index in [1.807, 2.05) is 27.8 Å². The highest BCUT2D eigenvalue weighted by molar-refractivity contribution is 7.99. The van der Waals surface area contributed by atoms with Gasteiger partial charge in [0, 0.05) is 44.1 Å². The Labute approximate surface area is 158 Å². The van der Waals surface area contributed by atoms with Crippen molar-refractivity contribution in [2.45, 2.75) is 37.9 Å². The maximum absolute atomic E-state index is 12.3. The van der Waals surface area contributed by atoms with Crippen molar-refractivity contribution in [2.24, 2.45) is 0 Å². The smallest absolute Gasteiger partial charge is 0.230 e. The fourth-order valence-electron chi connectivity index (χ4n) is 3.11. The number of hydrogen-bond donors (Lipinski definition) is 1. The molecule has 7 heteroatoms. The summed E-state index contributed by atoms with van der Waals surface area (Å²) in [6.45, 7) is 5.07. The summed E-state index contributed by atoms with van der Waals surface area (Å²) in [5.74, 6) is 0.443. The van der Waals surface area contributed by atoms with Crippen LogP contribution in [-0.4, -0.2) is 51.1 Å². The van der Waals surface area contributed by atoms with Gasteiger partial charge < -0.3 is 10.2 Å². The molecule has 2 heterocycles. The average molecular weight is 372 g/mol. The van der Waals surface area contributed by atoms with Gasteiger partial charge in [-0.25, -0.2) is 4.98 Å². The van der Waals surface area contributed by atoms with Crippen molar-refractivity contribution in [3.05, 3.63) is 42.2 Å². The zero-order valence-corrected chi connectivity index (χ0v) is 16.0. The summed E-state index contributed by atoms with van der Waals surface area (Å²) in [5, 5.41) is 3.88. The van der Waals surface area contributed by atoms with E-state index in [0.29, 0.717) is 18.8 Å². The first-order valence-electron chi connectivity index (χ1n) is 8.81. The van der Waals surface area contributed by atoms with E-state index in [-0.39, 0.29) is 17.9 Å². The number of carbonyl (C=O) groups excluding carboxylic acids is 2. The minimum absolute atomic E-state index is 0.00932. The second kappa shape index (κ2) is 8.40. The van der Waals surface area contributed by atoms with E-state index in [2.05, 4.69) is 29.4 Å². The fraction of sp³-hybridized carbons (Fsp3) is 0.421. The summed E-state index contributed by atoms with van der Waals surface area (Å²) in [7, 11) is 0. The number of piperidine rings is 1. The monoisotopic (exact) mass is 372 g/mol. The normalized spacial score (nSPS) is 15.1. The highest BCUT2D eigenvalue weighted by Gasteiger charge is 2.22.